The third-order valence-electron chi connectivity index (χ3n) is 2.28. The van der Waals surface area contributed by atoms with Crippen molar-refractivity contribution < 1.29 is 4.74 Å². The molecular formula is C15H14O. The molecule has 0 fully saturated rings. The molecule has 2 rings (SSSR count). The Hall–Kier alpha value is -2.02. The first-order valence-corrected chi connectivity index (χ1v) is 5.33. The molecule has 80 valence electrons. The second-order valence-corrected chi connectivity index (χ2v) is 3.48. The molecule has 0 saturated carbocycles. The molecule has 0 atom stereocenters. The van der Waals surface area contributed by atoms with Gasteiger partial charge in [0.15, 0.2) is 0 Å². The summed E-state index contributed by atoms with van der Waals surface area (Å²) in [5.74, 6) is 0.861. The molecule has 0 aliphatic carbocycles. The van der Waals surface area contributed by atoms with Crippen LogP contribution in [0.1, 0.15) is 6.92 Å². The summed E-state index contributed by atoms with van der Waals surface area (Å²) < 4.78 is 5.44. The molecule has 0 aromatic heterocycles. The Morgan fingerprint density at radius 1 is 0.875 bits per heavy atom. The van der Waals surface area contributed by atoms with Gasteiger partial charge in [0.05, 0.1) is 6.26 Å². The smallest absolute Gasteiger partial charge is 0.127 e. The fourth-order valence-corrected chi connectivity index (χ4v) is 1.53. The second kappa shape index (κ2) is 5.17. The first-order valence-electron chi connectivity index (χ1n) is 5.33. The summed E-state index contributed by atoms with van der Waals surface area (Å²) in [6.45, 7) is 1.93. The van der Waals surface area contributed by atoms with E-state index in [1.54, 1.807) is 6.26 Å². The molecule has 0 radical (unpaired) electrons. The van der Waals surface area contributed by atoms with Crippen molar-refractivity contribution >= 4 is 0 Å². The molecule has 0 spiro atoms. The van der Waals surface area contributed by atoms with Gasteiger partial charge in [-0.2, -0.15) is 0 Å². The standard InChI is InChI=1S/C15H14O/c1-2-11-16-15-10-6-9-14(12-15)13-7-4-3-5-8-13/h2-12H,1H3/b11-2+. The summed E-state index contributed by atoms with van der Waals surface area (Å²) in [6, 6.07) is 18.3. The molecule has 1 heteroatoms. The quantitative estimate of drug-likeness (QED) is 0.687. The van der Waals surface area contributed by atoms with Crippen LogP contribution in [0.3, 0.4) is 0 Å². The highest BCUT2D eigenvalue weighted by molar-refractivity contribution is 5.64. The van der Waals surface area contributed by atoms with Crippen LogP contribution in [-0.2, 0) is 0 Å². The maximum atomic E-state index is 5.44. The lowest BCUT2D eigenvalue weighted by Crippen LogP contribution is -1.82. The van der Waals surface area contributed by atoms with Crippen molar-refractivity contribution in [2.75, 3.05) is 0 Å². The van der Waals surface area contributed by atoms with Gasteiger partial charge in [0.1, 0.15) is 5.75 Å². The Kier molecular flexibility index (Phi) is 3.39. The van der Waals surface area contributed by atoms with Crippen LogP contribution in [0.5, 0.6) is 5.75 Å². The van der Waals surface area contributed by atoms with Crippen molar-refractivity contribution in [1.29, 1.82) is 0 Å². The van der Waals surface area contributed by atoms with Crippen LogP contribution in [0, 0.1) is 0 Å². The summed E-state index contributed by atoms with van der Waals surface area (Å²) in [5.41, 5.74) is 2.37. The Morgan fingerprint density at radius 3 is 2.38 bits per heavy atom. The maximum absolute atomic E-state index is 5.44. The van der Waals surface area contributed by atoms with Crippen LogP contribution in [0.2, 0.25) is 0 Å². The molecule has 0 aliphatic rings. The lowest BCUT2D eigenvalue weighted by molar-refractivity contribution is 0.480. The highest BCUT2D eigenvalue weighted by Crippen LogP contribution is 2.23. The summed E-state index contributed by atoms with van der Waals surface area (Å²) >= 11 is 0. The van der Waals surface area contributed by atoms with Crippen LogP contribution < -0.4 is 4.74 Å². The van der Waals surface area contributed by atoms with Gasteiger partial charge in [-0.05, 0) is 30.2 Å². The van der Waals surface area contributed by atoms with E-state index in [-0.39, 0.29) is 0 Å². The number of hydrogen-bond acceptors (Lipinski definition) is 1. The van der Waals surface area contributed by atoms with Gasteiger partial charge >= 0.3 is 0 Å². The predicted molar refractivity (Wildman–Crippen MR) is 67.3 cm³/mol. The van der Waals surface area contributed by atoms with E-state index in [1.807, 2.05) is 49.4 Å². The highest BCUT2D eigenvalue weighted by atomic mass is 16.5. The largest absolute Gasteiger partial charge is 0.465 e. The third kappa shape index (κ3) is 2.51. The molecule has 0 aliphatic heterocycles. The van der Waals surface area contributed by atoms with Gasteiger partial charge in [-0.25, -0.2) is 0 Å². The molecule has 1 nitrogen and oxygen atoms in total. The molecule has 2 aromatic rings. The monoisotopic (exact) mass is 210 g/mol. The van der Waals surface area contributed by atoms with Gasteiger partial charge in [-0.1, -0.05) is 48.5 Å². The van der Waals surface area contributed by atoms with E-state index < -0.39 is 0 Å². The van der Waals surface area contributed by atoms with E-state index in [9.17, 15) is 0 Å². The van der Waals surface area contributed by atoms with Crippen LogP contribution >= 0.6 is 0 Å². The molecule has 0 bridgehead atoms. The van der Waals surface area contributed by atoms with E-state index in [2.05, 4.69) is 18.2 Å². The van der Waals surface area contributed by atoms with E-state index in [4.69, 9.17) is 4.74 Å². The van der Waals surface area contributed by atoms with Gasteiger partial charge in [0.2, 0.25) is 0 Å². The van der Waals surface area contributed by atoms with Crippen LogP contribution in [0.4, 0.5) is 0 Å². The summed E-state index contributed by atoms with van der Waals surface area (Å²) in [6.07, 6.45) is 3.55. The van der Waals surface area contributed by atoms with Crippen LogP contribution in [0.25, 0.3) is 11.1 Å². The predicted octanol–water partition coefficient (Wildman–Crippen LogP) is 4.27. The molecular weight excluding hydrogens is 196 g/mol. The first-order chi connectivity index (χ1) is 7.90. The number of benzene rings is 2. The Morgan fingerprint density at radius 2 is 1.62 bits per heavy atom. The lowest BCUT2D eigenvalue weighted by Gasteiger charge is -2.04. The summed E-state index contributed by atoms with van der Waals surface area (Å²) in [5, 5.41) is 0. The van der Waals surface area contributed by atoms with Gasteiger partial charge in [-0.15, -0.1) is 0 Å². The SMILES string of the molecule is C/C=C/Oc1cccc(-c2ccccc2)c1. The summed E-state index contributed by atoms with van der Waals surface area (Å²) in [7, 11) is 0. The van der Waals surface area contributed by atoms with Crippen LogP contribution in [-0.4, -0.2) is 0 Å². The van der Waals surface area contributed by atoms with Gasteiger partial charge in [-0.3, -0.25) is 0 Å². The number of hydrogen-bond donors (Lipinski definition) is 0. The molecule has 0 unspecified atom stereocenters. The Bertz CT molecular complexity index is 472. The maximum Gasteiger partial charge on any atom is 0.127 e. The van der Waals surface area contributed by atoms with Crippen molar-refractivity contribution in [1.82, 2.24) is 0 Å². The minimum atomic E-state index is 0.861. The van der Waals surface area contributed by atoms with Crippen molar-refractivity contribution in [2.24, 2.45) is 0 Å². The topological polar surface area (TPSA) is 9.23 Å². The number of allylic oxidation sites excluding steroid dienone is 1. The Labute approximate surface area is 96.0 Å². The molecule has 2 aromatic carbocycles. The van der Waals surface area contributed by atoms with Crippen molar-refractivity contribution in [3.05, 3.63) is 66.9 Å². The first kappa shape index (κ1) is 10.5. The fourth-order valence-electron chi connectivity index (χ4n) is 1.53. The van der Waals surface area contributed by atoms with Gasteiger partial charge in [0, 0.05) is 0 Å². The summed E-state index contributed by atoms with van der Waals surface area (Å²) in [4.78, 5) is 0. The molecule has 0 amide bonds. The molecule has 0 heterocycles. The zero-order chi connectivity index (χ0) is 11.2. The number of rotatable bonds is 3. The average Bonchev–Trinajstić information content (AvgIpc) is 2.38. The molecule has 0 N–H and O–H groups in total. The van der Waals surface area contributed by atoms with E-state index in [0.29, 0.717) is 0 Å². The van der Waals surface area contributed by atoms with E-state index in [1.165, 1.54) is 11.1 Å². The van der Waals surface area contributed by atoms with Gasteiger partial charge < -0.3 is 4.74 Å². The van der Waals surface area contributed by atoms with Crippen molar-refractivity contribution in [2.45, 2.75) is 6.92 Å². The normalized spacial score (nSPS) is 10.6. The molecule has 16 heavy (non-hydrogen) atoms. The lowest BCUT2D eigenvalue weighted by atomic mass is 10.1. The molecule has 0 saturated heterocycles. The third-order valence-corrected chi connectivity index (χ3v) is 2.28. The fraction of sp³-hybridized carbons (Fsp3) is 0.0667. The van der Waals surface area contributed by atoms with Crippen molar-refractivity contribution in [3.63, 3.8) is 0 Å². The van der Waals surface area contributed by atoms with Gasteiger partial charge in [0.25, 0.3) is 0 Å². The zero-order valence-electron chi connectivity index (χ0n) is 9.26. The van der Waals surface area contributed by atoms with Crippen molar-refractivity contribution in [3.8, 4) is 16.9 Å². The second-order valence-electron chi connectivity index (χ2n) is 3.48. The minimum absolute atomic E-state index is 0.861. The number of ether oxygens (including phenoxy) is 1. The zero-order valence-corrected chi connectivity index (χ0v) is 9.26. The van der Waals surface area contributed by atoms with Crippen LogP contribution in [0.15, 0.2) is 66.9 Å². The van der Waals surface area contributed by atoms with E-state index >= 15 is 0 Å². The van der Waals surface area contributed by atoms with E-state index in [0.717, 1.165) is 5.75 Å². The Balaban J connectivity index is 2.29. The minimum Gasteiger partial charge on any atom is -0.465 e. The average molecular weight is 210 g/mol. The highest BCUT2D eigenvalue weighted by Gasteiger charge is 1.97.